The molecule has 0 amide bonds. The van der Waals surface area contributed by atoms with E-state index in [2.05, 4.69) is 0 Å². The Morgan fingerprint density at radius 2 is 1.43 bits per heavy atom. The fraction of sp³-hybridized carbons (Fsp3) is 0.571. The maximum Gasteiger partial charge on any atom is 0.201 e. The van der Waals surface area contributed by atoms with Crippen LogP contribution in [0.5, 0.6) is 34.5 Å². The summed E-state index contributed by atoms with van der Waals surface area (Å²) in [6, 6.07) is 4.96. The second kappa shape index (κ2) is 12.2. The fourth-order valence-corrected chi connectivity index (χ4v) is 5.78. The van der Waals surface area contributed by atoms with Crippen molar-refractivity contribution < 1.29 is 59.1 Å². The smallest absolute Gasteiger partial charge is 0.201 e. The third-order valence-corrected chi connectivity index (χ3v) is 7.95. The fourth-order valence-electron chi connectivity index (χ4n) is 5.78. The molecule has 12 nitrogen and oxygen atoms in total. The number of phenolic OH excluding ortho intramolecular Hbond substituents is 2. The molecule has 1 aliphatic heterocycles. The Kier molecular flexibility index (Phi) is 9.18. The number of fused-ring (bicyclic) bond motifs is 1. The van der Waals surface area contributed by atoms with Gasteiger partial charge in [-0.25, -0.2) is 0 Å². The zero-order valence-electron chi connectivity index (χ0n) is 23.1. The van der Waals surface area contributed by atoms with Gasteiger partial charge in [0.15, 0.2) is 29.3 Å². The molecule has 1 aliphatic carbocycles. The van der Waals surface area contributed by atoms with E-state index >= 15 is 0 Å². The quantitative estimate of drug-likeness (QED) is 0.253. The van der Waals surface area contributed by atoms with Gasteiger partial charge >= 0.3 is 0 Å². The molecular weight excluding hydrogens is 528 g/mol. The van der Waals surface area contributed by atoms with E-state index in [0.717, 1.165) is 5.56 Å². The second-order valence-electron chi connectivity index (χ2n) is 10.1. The van der Waals surface area contributed by atoms with Gasteiger partial charge in [0.25, 0.3) is 0 Å². The Labute approximate surface area is 232 Å². The lowest BCUT2D eigenvalue weighted by Crippen LogP contribution is -2.57. The number of benzene rings is 2. The van der Waals surface area contributed by atoms with Crippen LogP contribution in [-0.4, -0.2) is 103 Å². The molecule has 8 atom stereocenters. The minimum atomic E-state index is -1.51. The summed E-state index contributed by atoms with van der Waals surface area (Å²) in [7, 11) is 5.67. The molecule has 0 aromatic heterocycles. The molecule has 0 saturated carbocycles. The third-order valence-electron chi connectivity index (χ3n) is 7.95. The molecule has 2 aromatic rings. The summed E-state index contributed by atoms with van der Waals surface area (Å²) in [5.74, 6) is -1.19. The lowest BCUT2D eigenvalue weighted by atomic mass is 9.66. The molecule has 40 heavy (non-hydrogen) atoms. The Morgan fingerprint density at radius 3 is 1.98 bits per heavy atom. The molecule has 0 unspecified atom stereocenters. The number of hydrogen-bond donors (Lipinski definition) is 6. The van der Waals surface area contributed by atoms with Crippen molar-refractivity contribution in [2.24, 2.45) is 11.8 Å². The van der Waals surface area contributed by atoms with Gasteiger partial charge in [-0.15, -0.1) is 0 Å². The van der Waals surface area contributed by atoms with Crippen LogP contribution in [0.1, 0.15) is 29.5 Å². The number of aliphatic hydroxyl groups is 4. The van der Waals surface area contributed by atoms with E-state index in [1.165, 1.54) is 28.4 Å². The Balaban J connectivity index is 1.86. The van der Waals surface area contributed by atoms with E-state index in [4.69, 9.17) is 28.4 Å². The number of aromatic hydroxyl groups is 2. The molecule has 222 valence electrons. The molecule has 12 heteroatoms. The van der Waals surface area contributed by atoms with Crippen LogP contribution in [0.2, 0.25) is 0 Å². The zero-order chi connectivity index (χ0) is 29.3. The van der Waals surface area contributed by atoms with E-state index in [1.54, 1.807) is 25.1 Å². The van der Waals surface area contributed by atoms with Crippen LogP contribution in [0.4, 0.5) is 0 Å². The molecule has 0 bridgehead atoms. The van der Waals surface area contributed by atoms with Gasteiger partial charge in [-0.05, 0) is 54.5 Å². The highest BCUT2D eigenvalue weighted by Crippen LogP contribution is 2.54. The highest BCUT2D eigenvalue weighted by molar-refractivity contribution is 5.64. The second-order valence-corrected chi connectivity index (χ2v) is 10.1. The van der Waals surface area contributed by atoms with Gasteiger partial charge in [0.05, 0.1) is 41.2 Å². The predicted molar refractivity (Wildman–Crippen MR) is 140 cm³/mol. The minimum Gasteiger partial charge on any atom is -0.502 e. The summed E-state index contributed by atoms with van der Waals surface area (Å²) in [4.78, 5) is 0. The van der Waals surface area contributed by atoms with Crippen LogP contribution in [-0.2, 0) is 15.9 Å². The van der Waals surface area contributed by atoms with Crippen molar-refractivity contribution in [1.29, 1.82) is 0 Å². The summed E-state index contributed by atoms with van der Waals surface area (Å²) in [5, 5.41) is 62.9. The van der Waals surface area contributed by atoms with Gasteiger partial charge in [0, 0.05) is 18.1 Å². The van der Waals surface area contributed by atoms with Crippen LogP contribution < -0.4 is 18.9 Å². The van der Waals surface area contributed by atoms with Crippen molar-refractivity contribution in [3.05, 3.63) is 34.9 Å². The number of aliphatic hydroxyl groups excluding tert-OH is 4. The van der Waals surface area contributed by atoms with Gasteiger partial charge in [-0.3, -0.25) is 0 Å². The first kappa shape index (κ1) is 30.0. The van der Waals surface area contributed by atoms with Gasteiger partial charge in [0.1, 0.15) is 18.3 Å². The van der Waals surface area contributed by atoms with Crippen LogP contribution >= 0.6 is 0 Å². The highest BCUT2D eigenvalue weighted by atomic mass is 16.7. The van der Waals surface area contributed by atoms with Crippen LogP contribution in [0.15, 0.2) is 18.2 Å². The maximum atomic E-state index is 11.0. The average Bonchev–Trinajstić information content (AvgIpc) is 2.96. The molecule has 0 radical (unpaired) electrons. The standard InChI is InChI=1S/C28H38O12/c1-12-22(30)25(33)26(34)28(40-12)39-11-16-15(10-29)6-13-7-19(37-4)24(32)27(38-5)21(13)20(16)14-8-17(35-2)23(31)18(9-14)36-3/h7-9,12,15-16,20,22,25-26,28-34H,6,10-11H2,1-5H3/t12-,15+,16-,20-,22-,25+,26+,28-/m1/s1. The van der Waals surface area contributed by atoms with Crippen molar-refractivity contribution >= 4 is 0 Å². The first-order valence-corrected chi connectivity index (χ1v) is 12.9. The van der Waals surface area contributed by atoms with Gasteiger partial charge in [0.2, 0.25) is 11.5 Å². The topological polar surface area (TPSA) is 177 Å². The molecule has 2 aliphatic rings. The monoisotopic (exact) mass is 566 g/mol. The maximum absolute atomic E-state index is 11.0. The van der Waals surface area contributed by atoms with Crippen molar-refractivity contribution in [3.8, 4) is 34.5 Å². The highest BCUT2D eigenvalue weighted by Gasteiger charge is 2.45. The summed E-state index contributed by atoms with van der Waals surface area (Å²) < 4.78 is 33.5. The lowest BCUT2D eigenvalue weighted by molar-refractivity contribution is -0.296. The van der Waals surface area contributed by atoms with Crippen LogP contribution in [0.3, 0.4) is 0 Å². The summed E-state index contributed by atoms with van der Waals surface area (Å²) >= 11 is 0. The summed E-state index contributed by atoms with van der Waals surface area (Å²) in [5.41, 5.74) is 1.98. The van der Waals surface area contributed by atoms with E-state index < -0.39 is 42.5 Å². The average molecular weight is 567 g/mol. The Hall–Kier alpha value is -3.00. The van der Waals surface area contributed by atoms with Gasteiger partial charge in [-0.1, -0.05) is 0 Å². The van der Waals surface area contributed by atoms with Crippen molar-refractivity contribution in [2.45, 2.75) is 50.0 Å². The molecule has 2 aromatic carbocycles. The van der Waals surface area contributed by atoms with E-state index in [1.807, 2.05) is 0 Å². The molecule has 6 N–H and O–H groups in total. The minimum absolute atomic E-state index is 0.0615. The van der Waals surface area contributed by atoms with Crippen LogP contribution in [0.25, 0.3) is 0 Å². The number of rotatable bonds is 9. The largest absolute Gasteiger partial charge is 0.502 e. The molecule has 0 spiro atoms. The Morgan fingerprint density at radius 1 is 0.825 bits per heavy atom. The zero-order valence-corrected chi connectivity index (χ0v) is 23.1. The first-order valence-electron chi connectivity index (χ1n) is 12.9. The van der Waals surface area contributed by atoms with Crippen molar-refractivity contribution in [1.82, 2.24) is 0 Å². The number of ether oxygens (including phenoxy) is 6. The molecule has 1 saturated heterocycles. The number of phenols is 2. The van der Waals surface area contributed by atoms with Gasteiger partial charge in [-0.2, -0.15) is 0 Å². The third kappa shape index (κ3) is 5.22. The lowest BCUT2D eigenvalue weighted by Gasteiger charge is -2.43. The molecule has 1 fully saturated rings. The summed E-state index contributed by atoms with van der Waals surface area (Å²) in [6.45, 7) is 1.27. The van der Waals surface area contributed by atoms with Crippen molar-refractivity contribution in [2.75, 3.05) is 41.7 Å². The Bertz CT molecular complexity index is 1160. The normalized spacial score (nSPS) is 29.9. The molecule has 1 heterocycles. The van der Waals surface area contributed by atoms with E-state index in [0.29, 0.717) is 17.5 Å². The molecule has 4 rings (SSSR count). The van der Waals surface area contributed by atoms with Gasteiger partial charge < -0.3 is 59.1 Å². The van der Waals surface area contributed by atoms with Crippen molar-refractivity contribution in [3.63, 3.8) is 0 Å². The number of methoxy groups -OCH3 is 4. The first-order chi connectivity index (χ1) is 19.1. The van der Waals surface area contributed by atoms with E-state index in [-0.39, 0.29) is 53.6 Å². The number of hydrogen-bond acceptors (Lipinski definition) is 12. The predicted octanol–water partition coefficient (Wildman–Crippen LogP) is 0.889. The SMILES string of the molecule is COc1cc([C@H]2c3c(cc(OC)c(O)c3OC)C[C@@H](CO)[C@H]2CO[C@@H]2O[C@H](C)[C@@H](O)[C@H](O)[C@@H]2O)cc(OC)c1O. The summed E-state index contributed by atoms with van der Waals surface area (Å²) in [6.07, 6.45) is -5.93. The van der Waals surface area contributed by atoms with Crippen LogP contribution in [0, 0.1) is 11.8 Å². The molecular formula is C28H38O12. The van der Waals surface area contributed by atoms with E-state index in [9.17, 15) is 30.6 Å².